The van der Waals surface area contributed by atoms with Gasteiger partial charge in [-0.2, -0.15) is 0 Å². The van der Waals surface area contributed by atoms with Crippen LogP contribution in [0.15, 0.2) is 12.3 Å². The van der Waals surface area contributed by atoms with Gasteiger partial charge >= 0.3 is 0 Å². The summed E-state index contributed by atoms with van der Waals surface area (Å²) in [5.74, 6) is -0.762. The SMILES string of the molecule is O=Cc1cc(-c2c(Cl)c(Cl)c(Cl)c(Cl)c2Cl)ncc1F. The van der Waals surface area contributed by atoms with Crippen LogP contribution in [0.1, 0.15) is 10.4 Å². The third-order valence-corrected chi connectivity index (χ3v) is 4.75. The summed E-state index contributed by atoms with van der Waals surface area (Å²) >= 11 is 29.9. The number of halogens is 6. The second kappa shape index (κ2) is 6.04. The van der Waals surface area contributed by atoms with Gasteiger partial charge in [0.2, 0.25) is 0 Å². The number of benzene rings is 1. The van der Waals surface area contributed by atoms with Gasteiger partial charge in [-0.3, -0.25) is 9.78 Å². The van der Waals surface area contributed by atoms with Crippen LogP contribution >= 0.6 is 58.0 Å². The highest BCUT2D eigenvalue weighted by atomic mass is 35.5. The van der Waals surface area contributed by atoms with Gasteiger partial charge in [0.05, 0.1) is 42.6 Å². The van der Waals surface area contributed by atoms with Crippen LogP contribution in [0.2, 0.25) is 25.1 Å². The maximum atomic E-state index is 13.3. The lowest BCUT2D eigenvalue weighted by atomic mass is 10.1. The second-order valence-corrected chi connectivity index (χ2v) is 5.54. The number of aromatic nitrogens is 1. The minimum Gasteiger partial charge on any atom is -0.298 e. The first kappa shape index (κ1) is 15.8. The largest absolute Gasteiger partial charge is 0.298 e. The number of hydrogen-bond acceptors (Lipinski definition) is 2. The molecule has 0 unspecified atom stereocenters. The Morgan fingerprint density at radius 2 is 1.45 bits per heavy atom. The van der Waals surface area contributed by atoms with Crippen molar-refractivity contribution in [3.63, 3.8) is 0 Å². The molecule has 0 spiro atoms. The fourth-order valence-corrected chi connectivity index (χ4v) is 2.84. The van der Waals surface area contributed by atoms with Gasteiger partial charge in [0.1, 0.15) is 0 Å². The third kappa shape index (κ3) is 2.61. The molecule has 0 aliphatic carbocycles. The van der Waals surface area contributed by atoms with E-state index in [1.165, 1.54) is 6.07 Å². The van der Waals surface area contributed by atoms with Crippen LogP contribution in [0.4, 0.5) is 4.39 Å². The molecule has 0 atom stereocenters. The summed E-state index contributed by atoms with van der Waals surface area (Å²) in [5.41, 5.74) is 0.143. The van der Waals surface area contributed by atoms with Gasteiger partial charge in [0, 0.05) is 5.56 Å². The van der Waals surface area contributed by atoms with Gasteiger partial charge in [0.25, 0.3) is 0 Å². The van der Waals surface area contributed by atoms with E-state index in [-0.39, 0.29) is 41.9 Å². The molecule has 2 aromatic rings. The Labute approximate surface area is 138 Å². The smallest absolute Gasteiger partial charge is 0.153 e. The minimum absolute atomic E-state index is 0.00323. The molecule has 0 aliphatic heterocycles. The van der Waals surface area contributed by atoms with Crippen molar-refractivity contribution < 1.29 is 9.18 Å². The van der Waals surface area contributed by atoms with Gasteiger partial charge in [0.15, 0.2) is 12.1 Å². The normalized spacial score (nSPS) is 10.7. The molecule has 0 saturated heterocycles. The van der Waals surface area contributed by atoms with Crippen LogP contribution in [0.3, 0.4) is 0 Å². The Kier molecular flexibility index (Phi) is 4.77. The summed E-state index contributed by atoms with van der Waals surface area (Å²) in [6, 6.07) is 1.19. The maximum absolute atomic E-state index is 13.3. The summed E-state index contributed by atoms with van der Waals surface area (Å²) in [4.78, 5) is 14.6. The molecule has 0 saturated carbocycles. The van der Waals surface area contributed by atoms with E-state index in [1.54, 1.807) is 0 Å². The lowest BCUT2D eigenvalue weighted by Crippen LogP contribution is -1.94. The topological polar surface area (TPSA) is 30.0 Å². The molecule has 0 fully saturated rings. The van der Waals surface area contributed by atoms with Crippen LogP contribution in [0.5, 0.6) is 0 Å². The van der Waals surface area contributed by atoms with Crippen molar-refractivity contribution in [2.24, 2.45) is 0 Å². The summed E-state index contributed by atoms with van der Waals surface area (Å²) in [7, 11) is 0. The average molecular weight is 373 g/mol. The van der Waals surface area contributed by atoms with E-state index in [0.717, 1.165) is 6.20 Å². The first-order chi connectivity index (χ1) is 9.38. The van der Waals surface area contributed by atoms with Gasteiger partial charge in [-0.1, -0.05) is 58.0 Å². The van der Waals surface area contributed by atoms with Crippen molar-refractivity contribution in [2.75, 3.05) is 0 Å². The number of pyridine rings is 1. The summed E-state index contributed by atoms with van der Waals surface area (Å²) in [5, 5.41) is 0.0295. The van der Waals surface area contributed by atoms with Crippen molar-refractivity contribution in [3.8, 4) is 11.3 Å². The highest BCUT2D eigenvalue weighted by Gasteiger charge is 2.21. The van der Waals surface area contributed by atoms with Crippen LogP contribution in [0.25, 0.3) is 11.3 Å². The van der Waals surface area contributed by atoms with E-state index in [0.29, 0.717) is 6.29 Å². The molecule has 0 aliphatic rings. The van der Waals surface area contributed by atoms with Gasteiger partial charge in [-0.25, -0.2) is 4.39 Å². The van der Waals surface area contributed by atoms with Crippen LogP contribution in [-0.4, -0.2) is 11.3 Å². The number of nitrogens with zero attached hydrogens (tertiary/aromatic N) is 1. The van der Waals surface area contributed by atoms with Gasteiger partial charge in [-0.15, -0.1) is 0 Å². The Balaban J connectivity index is 2.79. The zero-order valence-corrected chi connectivity index (χ0v) is 13.1. The molecule has 1 aromatic heterocycles. The molecular formula is C12H3Cl5FNO. The van der Waals surface area contributed by atoms with E-state index < -0.39 is 5.82 Å². The zero-order chi connectivity index (χ0) is 15.0. The predicted molar refractivity (Wildman–Crippen MR) is 80.1 cm³/mol. The van der Waals surface area contributed by atoms with Gasteiger partial charge < -0.3 is 0 Å². The first-order valence-electron chi connectivity index (χ1n) is 5.01. The van der Waals surface area contributed by atoms with E-state index in [1.807, 2.05) is 0 Å². The standard InChI is InChI=1S/C12H3Cl5FNO/c13-8-7(9(14)11(16)12(17)10(8)15)6-1-4(3-20)5(18)2-19-6/h1-3H. The summed E-state index contributed by atoms with van der Waals surface area (Å²) in [6.07, 6.45) is 1.23. The molecule has 0 N–H and O–H groups in total. The highest BCUT2D eigenvalue weighted by molar-refractivity contribution is 6.56. The Bertz CT molecular complexity index is 690. The molecule has 8 heteroatoms. The molecule has 20 heavy (non-hydrogen) atoms. The molecule has 0 amide bonds. The quantitative estimate of drug-likeness (QED) is 0.369. The Morgan fingerprint density at radius 3 is 1.95 bits per heavy atom. The number of hydrogen-bond donors (Lipinski definition) is 0. The fourth-order valence-electron chi connectivity index (χ4n) is 1.51. The van der Waals surface area contributed by atoms with E-state index in [2.05, 4.69) is 4.98 Å². The Hall–Kier alpha value is -0.580. The molecule has 104 valence electrons. The molecule has 1 aromatic carbocycles. The van der Waals surface area contributed by atoms with E-state index >= 15 is 0 Å². The third-order valence-electron chi connectivity index (χ3n) is 2.48. The maximum Gasteiger partial charge on any atom is 0.153 e. The van der Waals surface area contributed by atoms with Crippen molar-refractivity contribution in [1.29, 1.82) is 0 Å². The van der Waals surface area contributed by atoms with Gasteiger partial charge in [-0.05, 0) is 6.07 Å². The van der Waals surface area contributed by atoms with Crippen molar-refractivity contribution >= 4 is 64.3 Å². The molecule has 0 bridgehead atoms. The van der Waals surface area contributed by atoms with E-state index in [9.17, 15) is 9.18 Å². The molecule has 2 nitrogen and oxygen atoms in total. The van der Waals surface area contributed by atoms with Crippen LogP contribution in [-0.2, 0) is 0 Å². The van der Waals surface area contributed by atoms with Crippen LogP contribution < -0.4 is 0 Å². The minimum atomic E-state index is -0.762. The molecule has 1 heterocycles. The number of rotatable bonds is 2. The van der Waals surface area contributed by atoms with Crippen molar-refractivity contribution in [1.82, 2.24) is 4.98 Å². The Morgan fingerprint density at radius 1 is 0.950 bits per heavy atom. The van der Waals surface area contributed by atoms with Crippen molar-refractivity contribution in [2.45, 2.75) is 0 Å². The number of carbonyl (C=O) groups is 1. The number of aldehydes is 1. The average Bonchev–Trinajstić information content (AvgIpc) is 2.45. The molecule has 0 radical (unpaired) electrons. The lowest BCUT2D eigenvalue weighted by molar-refractivity contribution is 0.111. The van der Waals surface area contributed by atoms with E-state index in [4.69, 9.17) is 58.0 Å². The molecule has 2 rings (SSSR count). The van der Waals surface area contributed by atoms with Crippen LogP contribution in [0, 0.1) is 5.82 Å². The monoisotopic (exact) mass is 371 g/mol. The number of carbonyl (C=O) groups excluding carboxylic acids is 1. The predicted octanol–water partition coefficient (Wildman–Crippen LogP) is 5.97. The second-order valence-electron chi connectivity index (χ2n) is 3.65. The molecular weight excluding hydrogens is 370 g/mol. The highest BCUT2D eigenvalue weighted by Crippen LogP contribution is 2.47. The van der Waals surface area contributed by atoms with Crippen molar-refractivity contribution in [3.05, 3.63) is 48.8 Å². The fraction of sp³-hybridized carbons (Fsp3) is 0. The zero-order valence-electron chi connectivity index (χ0n) is 9.36. The summed E-state index contributed by atoms with van der Waals surface area (Å²) in [6.45, 7) is 0. The summed E-state index contributed by atoms with van der Waals surface area (Å²) < 4.78 is 13.3. The first-order valence-corrected chi connectivity index (χ1v) is 6.90. The lowest BCUT2D eigenvalue weighted by Gasteiger charge is -2.12.